The molecule has 2 aliphatic heterocycles. The van der Waals surface area contributed by atoms with E-state index >= 15 is 0 Å². The van der Waals surface area contributed by atoms with Crippen LogP contribution in [0, 0.1) is 0 Å². The van der Waals surface area contributed by atoms with Gasteiger partial charge in [0, 0.05) is 28.1 Å². The first-order chi connectivity index (χ1) is 13.4. The van der Waals surface area contributed by atoms with Crippen molar-refractivity contribution in [3.05, 3.63) is 38.8 Å². The molecule has 3 rings (SSSR count). The van der Waals surface area contributed by atoms with Crippen LogP contribution < -0.4 is 15.3 Å². The van der Waals surface area contributed by atoms with Crippen molar-refractivity contribution in [3.63, 3.8) is 0 Å². The van der Waals surface area contributed by atoms with E-state index in [1.807, 2.05) is 18.2 Å². The normalized spacial score (nSPS) is 24.7. The second-order valence-corrected chi connectivity index (χ2v) is 8.43. The number of fused-ring (bicyclic) bond motifs is 1. The highest BCUT2D eigenvalue weighted by molar-refractivity contribution is 7.99. The molecule has 4 atom stereocenters. The highest BCUT2D eigenvalue weighted by atomic mass is 35.5. The third kappa shape index (κ3) is 4.73. The lowest BCUT2D eigenvalue weighted by atomic mass is 10.1. The van der Waals surface area contributed by atoms with Crippen molar-refractivity contribution in [1.82, 2.24) is 0 Å². The molecule has 2 heterocycles. The van der Waals surface area contributed by atoms with Gasteiger partial charge in [-0.3, -0.25) is 9.98 Å². The predicted molar refractivity (Wildman–Crippen MR) is 115 cm³/mol. The average molecular weight is 441 g/mol. The van der Waals surface area contributed by atoms with Crippen LogP contribution in [0.15, 0.2) is 38.2 Å². The molecular formula is C20H22Cl2N2O3S. The first kappa shape index (κ1) is 21.2. The fourth-order valence-corrected chi connectivity index (χ4v) is 4.21. The van der Waals surface area contributed by atoms with Gasteiger partial charge in [-0.05, 0) is 38.3 Å². The number of carbonyl (C=O) groups is 1. The third-order valence-electron chi connectivity index (χ3n) is 4.59. The zero-order valence-electron chi connectivity index (χ0n) is 15.9. The summed E-state index contributed by atoms with van der Waals surface area (Å²) < 4.78 is 11.2. The van der Waals surface area contributed by atoms with Gasteiger partial charge in [0.2, 0.25) is 6.10 Å². The van der Waals surface area contributed by atoms with Crippen molar-refractivity contribution in [2.45, 2.75) is 43.7 Å². The van der Waals surface area contributed by atoms with Crippen LogP contribution in [0.5, 0.6) is 5.75 Å². The molecule has 150 valence electrons. The van der Waals surface area contributed by atoms with E-state index in [0.29, 0.717) is 27.5 Å². The summed E-state index contributed by atoms with van der Waals surface area (Å²) in [5.74, 6) is 0.0822. The van der Waals surface area contributed by atoms with Crippen molar-refractivity contribution < 1.29 is 14.3 Å². The summed E-state index contributed by atoms with van der Waals surface area (Å²) in [5.41, 5.74) is 0. The SMILES string of the molecule is CCOC(=O)C(Oc1ccc2c(c1)=CC(SC)C(C)N=2)C1CC(Cl)=C(Cl)C=N1. The predicted octanol–water partition coefficient (Wildman–Crippen LogP) is 3.06. The summed E-state index contributed by atoms with van der Waals surface area (Å²) >= 11 is 13.9. The molecule has 0 N–H and O–H groups in total. The van der Waals surface area contributed by atoms with Gasteiger partial charge in [-0.25, -0.2) is 4.79 Å². The number of rotatable bonds is 6. The van der Waals surface area contributed by atoms with Gasteiger partial charge in [-0.15, -0.1) is 0 Å². The van der Waals surface area contributed by atoms with Gasteiger partial charge >= 0.3 is 5.97 Å². The van der Waals surface area contributed by atoms with Crippen LogP contribution in [-0.4, -0.2) is 48.5 Å². The Morgan fingerprint density at radius 2 is 2.18 bits per heavy atom. The molecule has 0 saturated carbocycles. The van der Waals surface area contributed by atoms with E-state index < -0.39 is 18.1 Å². The lowest BCUT2D eigenvalue weighted by molar-refractivity contribution is -0.152. The molecule has 0 radical (unpaired) electrons. The fraction of sp³-hybridized carbons (Fsp3) is 0.450. The average Bonchev–Trinajstić information content (AvgIpc) is 2.68. The topological polar surface area (TPSA) is 60.2 Å². The fourth-order valence-electron chi connectivity index (χ4n) is 3.14. The minimum Gasteiger partial charge on any atom is -0.476 e. The third-order valence-corrected chi connectivity index (χ3v) is 6.45. The summed E-state index contributed by atoms with van der Waals surface area (Å²) in [5, 5.41) is 3.05. The number of benzene rings is 1. The Morgan fingerprint density at radius 1 is 1.39 bits per heavy atom. The lowest BCUT2D eigenvalue weighted by Gasteiger charge is -2.25. The summed E-state index contributed by atoms with van der Waals surface area (Å²) in [4.78, 5) is 21.6. The molecule has 1 aromatic rings. The zero-order valence-corrected chi connectivity index (χ0v) is 18.2. The summed E-state index contributed by atoms with van der Waals surface area (Å²) in [6, 6.07) is 5.34. The molecular weight excluding hydrogens is 419 g/mol. The van der Waals surface area contributed by atoms with Crippen LogP contribution >= 0.6 is 35.0 Å². The molecule has 0 spiro atoms. The first-order valence-electron chi connectivity index (χ1n) is 9.06. The van der Waals surface area contributed by atoms with Crippen LogP contribution in [0.2, 0.25) is 0 Å². The Morgan fingerprint density at radius 3 is 2.86 bits per heavy atom. The van der Waals surface area contributed by atoms with Gasteiger partial charge in [-0.2, -0.15) is 11.8 Å². The molecule has 4 unspecified atom stereocenters. The van der Waals surface area contributed by atoms with Crippen LogP contribution in [0.3, 0.4) is 0 Å². The molecule has 0 aromatic heterocycles. The molecule has 0 fully saturated rings. The van der Waals surface area contributed by atoms with Crippen molar-refractivity contribution in [2.75, 3.05) is 12.9 Å². The maximum atomic E-state index is 12.5. The number of esters is 1. The molecule has 0 aliphatic carbocycles. The van der Waals surface area contributed by atoms with E-state index in [1.54, 1.807) is 18.7 Å². The summed E-state index contributed by atoms with van der Waals surface area (Å²) in [6.45, 7) is 4.11. The van der Waals surface area contributed by atoms with Crippen molar-refractivity contribution in [2.24, 2.45) is 9.98 Å². The zero-order chi connectivity index (χ0) is 20.3. The van der Waals surface area contributed by atoms with Crippen molar-refractivity contribution in [1.29, 1.82) is 0 Å². The van der Waals surface area contributed by atoms with Gasteiger partial charge in [0.05, 0.1) is 23.0 Å². The van der Waals surface area contributed by atoms with E-state index in [9.17, 15) is 4.79 Å². The smallest absolute Gasteiger partial charge is 0.349 e. The number of dihydropyridines is 1. The quantitative estimate of drug-likeness (QED) is 0.637. The van der Waals surface area contributed by atoms with Gasteiger partial charge < -0.3 is 9.47 Å². The number of allylic oxidation sites excluding steroid dienone is 1. The molecule has 28 heavy (non-hydrogen) atoms. The van der Waals surface area contributed by atoms with Gasteiger partial charge in [0.1, 0.15) is 11.8 Å². The standard InChI is InChI=1S/C20H22Cl2N2O3S/c1-4-26-20(25)19(17-9-14(21)15(22)10-23-17)27-13-5-6-16-12(7-13)8-18(28-3)11(2)24-16/h5-8,10-11,17-19H,4,9H2,1-3H3. The number of thioether (sulfide) groups is 1. The van der Waals surface area contributed by atoms with E-state index in [4.69, 9.17) is 37.7 Å². The number of hydrogen-bond acceptors (Lipinski definition) is 6. The van der Waals surface area contributed by atoms with E-state index in [1.165, 1.54) is 6.21 Å². The first-order valence-corrected chi connectivity index (χ1v) is 11.1. The number of ether oxygens (including phenoxy) is 2. The molecule has 5 nitrogen and oxygen atoms in total. The largest absolute Gasteiger partial charge is 0.476 e. The summed E-state index contributed by atoms with van der Waals surface area (Å²) in [7, 11) is 0. The van der Waals surface area contributed by atoms with Crippen LogP contribution in [0.4, 0.5) is 0 Å². The second kappa shape index (κ2) is 9.33. The number of halogens is 2. The number of nitrogens with zero attached hydrogens (tertiary/aromatic N) is 2. The second-order valence-electron chi connectivity index (χ2n) is 6.55. The summed E-state index contributed by atoms with van der Waals surface area (Å²) in [6.07, 6.45) is 5.11. The highest BCUT2D eigenvalue weighted by Crippen LogP contribution is 2.27. The van der Waals surface area contributed by atoms with E-state index in [0.717, 1.165) is 10.6 Å². The minimum atomic E-state index is -0.913. The number of aliphatic imine (C=N–C) groups is 1. The van der Waals surface area contributed by atoms with Crippen molar-refractivity contribution in [3.8, 4) is 5.75 Å². The molecule has 8 heteroatoms. The van der Waals surface area contributed by atoms with Gasteiger partial charge in [0.25, 0.3) is 0 Å². The number of carbonyl (C=O) groups excluding carboxylic acids is 1. The minimum absolute atomic E-state index is 0.219. The Balaban J connectivity index is 1.89. The van der Waals surface area contributed by atoms with Crippen LogP contribution in [0.1, 0.15) is 20.3 Å². The monoisotopic (exact) mass is 440 g/mol. The van der Waals surface area contributed by atoms with Crippen LogP contribution in [-0.2, 0) is 9.53 Å². The van der Waals surface area contributed by atoms with Gasteiger partial charge in [0.15, 0.2) is 0 Å². The number of hydrogen-bond donors (Lipinski definition) is 0. The van der Waals surface area contributed by atoms with Crippen LogP contribution in [0.25, 0.3) is 6.08 Å². The molecule has 0 amide bonds. The Labute approximate surface area is 178 Å². The molecule has 0 saturated heterocycles. The lowest BCUT2D eigenvalue weighted by Crippen LogP contribution is -2.41. The highest BCUT2D eigenvalue weighted by Gasteiger charge is 2.34. The maximum Gasteiger partial charge on any atom is 0.349 e. The Hall–Kier alpha value is -1.50. The Kier molecular flexibility index (Phi) is 7.07. The Bertz CT molecular complexity index is 932. The van der Waals surface area contributed by atoms with Crippen molar-refractivity contribution >= 4 is 53.2 Å². The van der Waals surface area contributed by atoms with Gasteiger partial charge in [-0.1, -0.05) is 29.3 Å². The molecule has 2 aliphatic rings. The maximum absolute atomic E-state index is 12.5. The van der Waals surface area contributed by atoms with E-state index in [-0.39, 0.29) is 12.6 Å². The molecule has 0 bridgehead atoms. The molecule has 1 aromatic carbocycles. The van der Waals surface area contributed by atoms with E-state index in [2.05, 4.69) is 24.2 Å².